The van der Waals surface area contributed by atoms with Gasteiger partial charge in [-0.05, 0) is 44.4 Å². The summed E-state index contributed by atoms with van der Waals surface area (Å²) >= 11 is 0. The first-order valence-corrected chi connectivity index (χ1v) is 17.9. The van der Waals surface area contributed by atoms with Crippen molar-refractivity contribution in [2.45, 2.75) is 110 Å². The lowest BCUT2D eigenvalue weighted by molar-refractivity contribution is -0.146. The van der Waals surface area contributed by atoms with Gasteiger partial charge in [-0.25, -0.2) is 20.0 Å². The SMILES string of the molecule is CCCOC(=O)[C@H](CC(C)C)NP(=O)(N[C@@H](CC(C)C)C(=O)OCCC)OC[C@H]1OC(n2cnc3c(OC)nc(=O)[nH]c32)C(C)(O)[C@H]1O. The zero-order chi connectivity index (χ0) is 35.8. The van der Waals surface area contributed by atoms with Gasteiger partial charge in [-0.2, -0.15) is 4.98 Å². The van der Waals surface area contributed by atoms with E-state index in [1.165, 1.54) is 24.9 Å². The number of hydrogen-bond acceptors (Lipinski definition) is 13. The summed E-state index contributed by atoms with van der Waals surface area (Å²) in [4.78, 5) is 48.8. The second-order valence-corrected chi connectivity index (χ2v) is 14.8. The molecule has 0 spiro atoms. The molecule has 0 aliphatic carbocycles. The number of imidazole rings is 1. The first-order valence-electron chi connectivity index (χ1n) is 16.3. The first-order chi connectivity index (χ1) is 22.6. The average Bonchev–Trinajstić information content (AvgIpc) is 3.52. The van der Waals surface area contributed by atoms with Crippen molar-refractivity contribution >= 4 is 30.8 Å². The molecule has 3 rings (SSSR count). The molecule has 0 saturated carbocycles. The minimum absolute atomic E-state index is 0.0211. The van der Waals surface area contributed by atoms with Crippen molar-refractivity contribution in [1.29, 1.82) is 0 Å². The number of fused-ring (bicyclic) bond motifs is 1. The van der Waals surface area contributed by atoms with E-state index in [1.54, 1.807) is 0 Å². The molecular weight excluding hydrogens is 651 g/mol. The quantitative estimate of drug-likeness (QED) is 0.104. The zero-order valence-corrected chi connectivity index (χ0v) is 29.8. The van der Waals surface area contributed by atoms with Gasteiger partial charge in [0.05, 0.1) is 33.3 Å². The normalized spacial score (nSPS) is 22.7. The number of methoxy groups -OCH3 is 1. The van der Waals surface area contributed by atoms with Gasteiger partial charge in [0, 0.05) is 0 Å². The third-order valence-corrected chi connectivity index (χ3v) is 9.39. The highest BCUT2D eigenvalue weighted by Gasteiger charge is 2.54. The largest absolute Gasteiger partial charge is 0.479 e. The van der Waals surface area contributed by atoms with Gasteiger partial charge in [0.15, 0.2) is 11.7 Å². The molecule has 17 nitrogen and oxygen atoms in total. The van der Waals surface area contributed by atoms with Gasteiger partial charge >= 0.3 is 25.3 Å². The topological polar surface area (TPSA) is 225 Å². The number of hydrogen-bond donors (Lipinski definition) is 5. The molecule has 3 heterocycles. The van der Waals surface area contributed by atoms with Crippen molar-refractivity contribution in [3.8, 4) is 5.88 Å². The molecular formula is C30H51N6O11P. The number of carbonyl (C=O) groups is 2. The third kappa shape index (κ3) is 9.83. The van der Waals surface area contributed by atoms with Gasteiger partial charge in [0.2, 0.25) is 5.88 Å². The van der Waals surface area contributed by atoms with E-state index >= 15 is 0 Å². The molecule has 0 bridgehead atoms. The molecule has 48 heavy (non-hydrogen) atoms. The van der Waals surface area contributed by atoms with Gasteiger partial charge in [-0.1, -0.05) is 41.5 Å². The summed E-state index contributed by atoms with van der Waals surface area (Å²) in [6.45, 7) is 12.3. The van der Waals surface area contributed by atoms with Crippen LogP contribution in [0.1, 0.15) is 80.4 Å². The van der Waals surface area contributed by atoms with E-state index in [1.807, 2.05) is 41.5 Å². The van der Waals surface area contributed by atoms with Gasteiger partial charge in [0.1, 0.15) is 35.5 Å². The van der Waals surface area contributed by atoms with Crippen LogP contribution in [0.25, 0.3) is 11.2 Å². The number of H-pyrrole nitrogens is 1. The lowest BCUT2D eigenvalue weighted by atomic mass is 9.96. The Morgan fingerprint density at radius 3 is 2.10 bits per heavy atom. The number of aliphatic hydroxyl groups is 2. The molecule has 6 atom stereocenters. The Morgan fingerprint density at radius 2 is 1.62 bits per heavy atom. The summed E-state index contributed by atoms with van der Waals surface area (Å²) in [5.41, 5.74) is -2.40. The fourth-order valence-electron chi connectivity index (χ4n) is 5.27. The second-order valence-electron chi connectivity index (χ2n) is 12.9. The average molecular weight is 703 g/mol. The Morgan fingerprint density at radius 1 is 1.08 bits per heavy atom. The molecule has 2 aromatic heterocycles. The molecule has 0 radical (unpaired) electrons. The number of ether oxygens (including phenoxy) is 4. The van der Waals surface area contributed by atoms with Crippen LogP contribution in [0.4, 0.5) is 0 Å². The van der Waals surface area contributed by atoms with Crippen LogP contribution in [0.15, 0.2) is 11.1 Å². The number of aromatic amines is 1. The molecule has 0 amide bonds. The predicted molar refractivity (Wildman–Crippen MR) is 174 cm³/mol. The molecule has 5 N–H and O–H groups in total. The van der Waals surface area contributed by atoms with Gasteiger partial charge < -0.3 is 33.7 Å². The minimum Gasteiger partial charge on any atom is -0.479 e. The summed E-state index contributed by atoms with van der Waals surface area (Å²) in [5.74, 6) is -1.38. The fraction of sp³-hybridized carbons (Fsp3) is 0.767. The third-order valence-electron chi connectivity index (χ3n) is 7.58. The number of nitrogens with zero attached hydrogens (tertiary/aromatic N) is 3. The Balaban J connectivity index is 1.95. The van der Waals surface area contributed by atoms with E-state index in [2.05, 4.69) is 25.1 Å². The van der Waals surface area contributed by atoms with Crippen molar-refractivity contribution in [2.24, 2.45) is 11.8 Å². The van der Waals surface area contributed by atoms with Crippen molar-refractivity contribution in [3.05, 3.63) is 16.8 Å². The molecule has 18 heteroatoms. The summed E-state index contributed by atoms with van der Waals surface area (Å²) in [5, 5.41) is 28.2. The Labute approximate surface area is 280 Å². The van der Waals surface area contributed by atoms with Crippen LogP contribution in [0, 0.1) is 11.8 Å². The highest BCUT2D eigenvalue weighted by Crippen LogP contribution is 2.44. The number of rotatable bonds is 19. The van der Waals surface area contributed by atoms with Crippen LogP contribution in [-0.2, 0) is 32.9 Å². The number of aromatic nitrogens is 4. The smallest absolute Gasteiger partial charge is 0.349 e. The van der Waals surface area contributed by atoms with Crippen LogP contribution in [0.2, 0.25) is 0 Å². The molecule has 1 aliphatic heterocycles. The molecule has 1 fully saturated rings. The van der Waals surface area contributed by atoms with Gasteiger partial charge in [0.25, 0.3) is 0 Å². The Bertz CT molecular complexity index is 1440. The van der Waals surface area contributed by atoms with Crippen molar-refractivity contribution in [3.63, 3.8) is 0 Å². The molecule has 2 aromatic rings. The highest BCUT2D eigenvalue weighted by molar-refractivity contribution is 7.54. The number of nitrogens with one attached hydrogen (secondary N) is 3. The maximum atomic E-state index is 14.6. The van der Waals surface area contributed by atoms with Crippen molar-refractivity contribution < 1.29 is 47.8 Å². The Hall–Kier alpha value is -2.92. The fourth-order valence-corrected chi connectivity index (χ4v) is 7.09. The highest BCUT2D eigenvalue weighted by atomic mass is 31.2. The van der Waals surface area contributed by atoms with E-state index in [-0.39, 0.29) is 54.9 Å². The van der Waals surface area contributed by atoms with Crippen LogP contribution in [0.5, 0.6) is 5.88 Å². The van der Waals surface area contributed by atoms with Crippen LogP contribution >= 0.6 is 7.67 Å². The van der Waals surface area contributed by atoms with Crippen LogP contribution < -0.4 is 20.6 Å². The number of aliphatic hydroxyl groups excluding tert-OH is 1. The molecule has 0 aromatic carbocycles. The minimum atomic E-state index is -4.34. The van der Waals surface area contributed by atoms with Crippen LogP contribution in [-0.4, -0.2) is 98.5 Å². The maximum absolute atomic E-state index is 14.6. The van der Waals surface area contributed by atoms with Crippen molar-refractivity contribution in [2.75, 3.05) is 26.9 Å². The van der Waals surface area contributed by atoms with E-state index in [4.69, 9.17) is 23.5 Å². The molecule has 272 valence electrons. The van der Waals surface area contributed by atoms with Crippen LogP contribution in [0.3, 0.4) is 0 Å². The van der Waals surface area contributed by atoms with E-state index in [0.29, 0.717) is 12.8 Å². The summed E-state index contributed by atoms with van der Waals surface area (Å²) in [7, 11) is -3.02. The van der Waals surface area contributed by atoms with E-state index < -0.39 is 68.0 Å². The summed E-state index contributed by atoms with van der Waals surface area (Å²) in [6, 6.07) is -2.16. The number of carbonyl (C=O) groups excluding carboxylic acids is 2. The van der Waals surface area contributed by atoms with E-state index in [9.17, 15) is 29.2 Å². The van der Waals surface area contributed by atoms with Gasteiger partial charge in [-0.3, -0.25) is 23.7 Å². The molecule has 2 unspecified atom stereocenters. The number of esters is 2. The predicted octanol–water partition coefficient (Wildman–Crippen LogP) is 2.18. The summed E-state index contributed by atoms with van der Waals surface area (Å²) < 4.78 is 43.8. The first kappa shape index (κ1) is 39.5. The van der Waals surface area contributed by atoms with Gasteiger partial charge in [-0.15, -0.1) is 0 Å². The Kier molecular flexibility index (Phi) is 14.1. The second kappa shape index (κ2) is 17.1. The lowest BCUT2D eigenvalue weighted by Crippen LogP contribution is -2.47. The molecule has 1 aliphatic rings. The monoisotopic (exact) mass is 702 g/mol. The lowest BCUT2D eigenvalue weighted by Gasteiger charge is -2.30. The van der Waals surface area contributed by atoms with E-state index in [0.717, 1.165) is 0 Å². The maximum Gasteiger partial charge on any atom is 0.349 e. The standard InChI is InChI=1S/C30H51N6O11P/c1-9-11-44-26(38)19(13-17(3)4)34-48(42,35-20(14-18(5)6)27(39)45-12-10-2)46-15-21-23(37)30(7,41)28(47-21)36-16-31-22-24(36)32-29(40)33-25(22)43-8/h16-21,23,28,37,41H,9-15H2,1-8H3,(H,32,33,40)(H2,34,35,42)/t19-,20-,21+,23-,28?,30?/m0/s1. The molecule has 1 saturated heterocycles. The zero-order valence-electron chi connectivity index (χ0n) is 28.9. The summed E-state index contributed by atoms with van der Waals surface area (Å²) in [6.07, 6.45) is -1.27. The van der Waals surface area contributed by atoms with Crippen molar-refractivity contribution in [1.82, 2.24) is 29.7 Å².